The Balaban J connectivity index is 2.28. The fraction of sp³-hybridized carbons (Fsp3) is 0.100. The van der Waals surface area contributed by atoms with Crippen molar-refractivity contribution in [3.05, 3.63) is 30.6 Å². The van der Waals surface area contributed by atoms with Crippen molar-refractivity contribution < 1.29 is 4.79 Å². The molecule has 3 N–H and O–H groups in total. The van der Waals surface area contributed by atoms with Gasteiger partial charge in [-0.2, -0.15) is 0 Å². The number of rotatable bonds is 1. The average Bonchev–Trinajstić information content (AvgIpc) is 2.42. The number of carbonyl (C=O) groups is 1. The van der Waals surface area contributed by atoms with Crippen molar-refractivity contribution in [3.8, 4) is 0 Å². The van der Waals surface area contributed by atoms with Crippen LogP contribution >= 0.6 is 0 Å². The van der Waals surface area contributed by atoms with E-state index >= 15 is 0 Å². The molecule has 1 heterocycles. The van der Waals surface area contributed by atoms with Crippen molar-refractivity contribution in [1.82, 2.24) is 0 Å². The van der Waals surface area contributed by atoms with Gasteiger partial charge in [0.05, 0.1) is 11.4 Å². The summed E-state index contributed by atoms with van der Waals surface area (Å²) in [6, 6.07) is 5.60. The lowest BCUT2D eigenvalue weighted by atomic mass is 10.2. The van der Waals surface area contributed by atoms with Gasteiger partial charge in [-0.15, -0.1) is 0 Å². The van der Waals surface area contributed by atoms with Gasteiger partial charge in [0.2, 0.25) is 5.91 Å². The van der Waals surface area contributed by atoms with Gasteiger partial charge < -0.3 is 16.0 Å². The van der Waals surface area contributed by atoms with Crippen LogP contribution in [0.1, 0.15) is 6.92 Å². The summed E-state index contributed by atoms with van der Waals surface area (Å²) in [6.07, 6.45) is 0. The summed E-state index contributed by atoms with van der Waals surface area (Å²) >= 11 is 0. The van der Waals surface area contributed by atoms with Crippen LogP contribution in [0.4, 0.5) is 17.1 Å². The fourth-order valence-corrected chi connectivity index (χ4v) is 1.39. The third-order valence-corrected chi connectivity index (χ3v) is 1.91. The largest absolute Gasteiger partial charge is 0.341 e. The first-order chi connectivity index (χ1) is 6.65. The number of hydrogen-bond acceptors (Lipinski definition) is 3. The van der Waals surface area contributed by atoms with Gasteiger partial charge in [-0.25, -0.2) is 0 Å². The lowest BCUT2D eigenvalue weighted by molar-refractivity contribution is -0.114. The molecule has 72 valence electrons. The van der Waals surface area contributed by atoms with Crippen molar-refractivity contribution >= 4 is 23.0 Å². The quantitative estimate of drug-likeness (QED) is 0.633. The first-order valence-corrected chi connectivity index (χ1v) is 4.30. The molecule has 0 radical (unpaired) electrons. The SMILES string of the molecule is C=C1Nc2ccc(NC(C)=O)cc2N1. The van der Waals surface area contributed by atoms with Crippen LogP contribution in [0.2, 0.25) is 0 Å². The lowest BCUT2D eigenvalue weighted by Gasteiger charge is -2.03. The molecule has 0 unspecified atom stereocenters. The molecule has 1 amide bonds. The second kappa shape index (κ2) is 3.06. The van der Waals surface area contributed by atoms with E-state index in [4.69, 9.17) is 0 Å². The molecule has 0 aromatic heterocycles. The first kappa shape index (κ1) is 8.62. The summed E-state index contributed by atoms with van der Waals surface area (Å²) < 4.78 is 0. The van der Waals surface area contributed by atoms with Crippen LogP contribution in [-0.4, -0.2) is 5.91 Å². The Hall–Kier alpha value is -1.97. The summed E-state index contributed by atoms with van der Waals surface area (Å²) in [5.41, 5.74) is 2.69. The zero-order valence-electron chi connectivity index (χ0n) is 7.85. The van der Waals surface area contributed by atoms with Crippen molar-refractivity contribution in [2.45, 2.75) is 6.92 Å². The first-order valence-electron chi connectivity index (χ1n) is 4.30. The van der Waals surface area contributed by atoms with E-state index in [1.54, 1.807) is 0 Å². The van der Waals surface area contributed by atoms with Gasteiger partial charge in [0, 0.05) is 12.6 Å². The topological polar surface area (TPSA) is 53.2 Å². The summed E-state index contributed by atoms with van der Waals surface area (Å²) in [6.45, 7) is 5.23. The molecule has 0 bridgehead atoms. The van der Waals surface area contributed by atoms with Crippen LogP contribution in [0.5, 0.6) is 0 Å². The van der Waals surface area contributed by atoms with Crippen molar-refractivity contribution in [1.29, 1.82) is 0 Å². The van der Waals surface area contributed by atoms with Gasteiger partial charge in [-0.05, 0) is 18.2 Å². The van der Waals surface area contributed by atoms with Crippen LogP contribution in [0.25, 0.3) is 0 Å². The number of anilines is 3. The summed E-state index contributed by atoms with van der Waals surface area (Å²) in [7, 11) is 0. The van der Waals surface area contributed by atoms with Crippen molar-refractivity contribution in [2.75, 3.05) is 16.0 Å². The molecule has 1 aromatic rings. The molecular weight excluding hydrogens is 178 g/mol. The van der Waals surface area contributed by atoms with E-state index < -0.39 is 0 Å². The smallest absolute Gasteiger partial charge is 0.221 e. The van der Waals surface area contributed by atoms with Crippen LogP contribution in [0, 0.1) is 0 Å². The van der Waals surface area contributed by atoms with Gasteiger partial charge in [-0.1, -0.05) is 6.58 Å². The Bertz CT molecular complexity index is 412. The number of nitrogens with one attached hydrogen (secondary N) is 3. The molecule has 0 fully saturated rings. The Morgan fingerprint density at radius 3 is 2.79 bits per heavy atom. The molecule has 0 saturated carbocycles. The van der Waals surface area contributed by atoms with E-state index in [0.717, 1.165) is 22.9 Å². The zero-order valence-corrected chi connectivity index (χ0v) is 7.85. The molecule has 0 saturated heterocycles. The highest BCUT2D eigenvalue weighted by molar-refractivity contribution is 5.91. The third-order valence-electron chi connectivity index (χ3n) is 1.91. The predicted molar refractivity (Wildman–Crippen MR) is 57.1 cm³/mol. The maximum Gasteiger partial charge on any atom is 0.221 e. The van der Waals surface area contributed by atoms with Crippen molar-refractivity contribution in [3.63, 3.8) is 0 Å². The summed E-state index contributed by atoms with van der Waals surface area (Å²) in [5, 5.41) is 8.83. The number of carbonyl (C=O) groups excluding carboxylic acids is 1. The summed E-state index contributed by atoms with van der Waals surface area (Å²) in [4.78, 5) is 10.8. The third kappa shape index (κ3) is 1.54. The average molecular weight is 189 g/mol. The highest BCUT2D eigenvalue weighted by atomic mass is 16.1. The number of fused-ring (bicyclic) bond motifs is 1. The molecule has 0 spiro atoms. The molecule has 1 aliphatic rings. The monoisotopic (exact) mass is 189 g/mol. The summed E-state index contributed by atoms with van der Waals surface area (Å²) in [5.74, 6) is 0.676. The molecule has 1 aliphatic heterocycles. The Morgan fingerprint density at radius 1 is 1.36 bits per heavy atom. The second-order valence-electron chi connectivity index (χ2n) is 3.17. The number of hydrogen-bond donors (Lipinski definition) is 3. The minimum atomic E-state index is -0.0743. The molecule has 1 aromatic carbocycles. The van der Waals surface area contributed by atoms with Gasteiger partial charge in [0.1, 0.15) is 5.82 Å². The Labute approximate surface area is 82.0 Å². The van der Waals surface area contributed by atoms with E-state index in [-0.39, 0.29) is 5.91 Å². The van der Waals surface area contributed by atoms with Gasteiger partial charge in [-0.3, -0.25) is 4.79 Å². The van der Waals surface area contributed by atoms with Crippen LogP contribution in [-0.2, 0) is 4.79 Å². The van der Waals surface area contributed by atoms with Gasteiger partial charge in [0.15, 0.2) is 0 Å². The normalized spacial score (nSPS) is 12.8. The van der Waals surface area contributed by atoms with Crippen LogP contribution < -0.4 is 16.0 Å². The minimum Gasteiger partial charge on any atom is -0.341 e. The highest BCUT2D eigenvalue weighted by Gasteiger charge is 2.12. The van der Waals surface area contributed by atoms with E-state index in [9.17, 15) is 4.79 Å². The molecule has 0 atom stereocenters. The van der Waals surface area contributed by atoms with Gasteiger partial charge in [0.25, 0.3) is 0 Å². The molecule has 0 aliphatic carbocycles. The van der Waals surface area contributed by atoms with E-state index in [1.807, 2.05) is 18.2 Å². The zero-order chi connectivity index (χ0) is 10.1. The van der Waals surface area contributed by atoms with Crippen LogP contribution in [0.15, 0.2) is 30.6 Å². The standard InChI is InChI=1S/C10H11N3O/c1-6-11-9-4-3-8(13-7(2)14)5-10(9)12-6/h3-5,11-12H,1H2,2H3,(H,13,14). The highest BCUT2D eigenvalue weighted by Crippen LogP contribution is 2.32. The van der Waals surface area contributed by atoms with E-state index in [0.29, 0.717) is 0 Å². The minimum absolute atomic E-state index is 0.0743. The predicted octanol–water partition coefficient (Wildman–Crippen LogP) is 1.95. The maximum atomic E-state index is 10.8. The molecule has 14 heavy (non-hydrogen) atoms. The lowest BCUT2D eigenvalue weighted by Crippen LogP contribution is -2.05. The number of amides is 1. The molecular formula is C10H11N3O. The second-order valence-corrected chi connectivity index (χ2v) is 3.17. The molecule has 2 rings (SSSR count). The fourth-order valence-electron chi connectivity index (χ4n) is 1.39. The Morgan fingerprint density at radius 2 is 2.07 bits per heavy atom. The molecule has 4 nitrogen and oxygen atoms in total. The number of benzene rings is 1. The maximum absolute atomic E-state index is 10.8. The van der Waals surface area contributed by atoms with Crippen molar-refractivity contribution in [2.24, 2.45) is 0 Å². The van der Waals surface area contributed by atoms with E-state index in [1.165, 1.54) is 6.92 Å². The molecule has 4 heteroatoms. The van der Waals surface area contributed by atoms with E-state index in [2.05, 4.69) is 22.5 Å². The van der Waals surface area contributed by atoms with Gasteiger partial charge >= 0.3 is 0 Å². The van der Waals surface area contributed by atoms with Crippen LogP contribution in [0.3, 0.4) is 0 Å². The Kier molecular flexibility index (Phi) is 1.89.